The number of nitrogens with zero attached hydrogens (tertiary/aromatic N) is 4. The summed E-state index contributed by atoms with van der Waals surface area (Å²) in [6.45, 7) is 7.01. The van der Waals surface area contributed by atoms with E-state index < -0.39 is 6.10 Å². The first-order valence-electron chi connectivity index (χ1n) is 8.10. The fraction of sp³-hybridized carbons (Fsp3) is 0.529. The third kappa shape index (κ3) is 4.16. The van der Waals surface area contributed by atoms with Gasteiger partial charge in [-0.2, -0.15) is 0 Å². The van der Waals surface area contributed by atoms with E-state index in [9.17, 15) is 5.11 Å². The number of aliphatic hydroxyl groups is 1. The number of aliphatic hydroxyl groups excluding tert-OH is 1. The predicted octanol–water partition coefficient (Wildman–Crippen LogP) is 1.42. The Morgan fingerprint density at radius 3 is 2.65 bits per heavy atom. The summed E-state index contributed by atoms with van der Waals surface area (Å²) in [6, 6.07) is 5.75. The summed E-state index contributed by atoms with van der Waals surface area (Å²) in [6.07, 6.45) is 5.35. The predicted molar refractivity (Wildman–Crippen MR) is 87.9 cm³/mol. The summed E-state index contributed by atoms with van der Waals surface area (Å²) >= 11 is 0. The number of rotatable bonds is 5. The highest BCUT2D eigenvalue weighted by molar-refractivity contribution is 5.48. The average Bonchev–Trinajstić information content (AvgIpc) is 2.95. The van der Waals surface area contributed by atoms with Gasteiger partial charge in [-0.15, -0.1) is 0 Å². The molecule has 0 aromatic carbocycles. The van der Waals surface area contributed by atoms with E-state index in [0.717, 1.165) is 24.6 Å². The molecule has 124 valence electrons. The van der Waals surface area contributed by atoms with E-state index in [1.54, 1.807) is 12.4 Å². The average molecular weight is 316 g/mol. The molecular weight excluding hydrogens is 292 g/mol. The first kappa shape index (κ1) is 16.1. The Morgan fingerprint density at radius 2 is 1.96 bits per heavy atom. The third-order valence-electron chi connectivity index (χ3n) is 3.98. The number of pyridine rings is 1. The van der Waals surface area contributed by atoms with Crippen molar-refractivity contribution in [1.82, 2.24) is 19.4 Å². The first-order chi connectivity index (χ1) is 11.1. The molecule has 6 heteroatoms. The van der Waals surface area contributed by atoms with Crippen molar-refractivity contribution in [2.24, 2.45) is 0 Å². The normalized spacial score (nSPS) is 23.8. The Kier molecular flexibility index (Phi) is 5.05. The molecule has 6 nitrogen and oxygen atoms in total. The molecule has 2 aromatic rings. The third-order valence-corrected chi connectivity index (χ3v) is 3.98. The van der Waals surface area contributed by atoms with Crippen LogP contribution >= 0.6 is 0 Å². The Balaban J connectivity index is 1.63. The van der Waals surface area contributed by atoms with E-state index >= 15 is 0 Å². The minimum absolute atomic E-state index is 0.211. The van der Waals surface area contributed by atoms with Gasteiger partial charge in [0.15, 0.2) is 5.82 Å². The summed E-state index contributed by atoms with van der Waals surface area (Å²) in [5, 5.41) is 10.5. The van der Waals surface area contributed by atoms with Gasteiger partial charge >= 0.3 is 0 Å². The van der Waals surface area contributed by atoms with Crippen molar-refractivity contribution >= 4 is 0 Å². The fourth-order valence-corrected chi connectivity index (χ4v) is 3.20. The van der Waals surface area contributed by atoms with E-state index in [-0.39, 0.29) is 12.2 Å². The number of hydrogen-bond acceptors (Lipinski definition) is 5. The zero-order chi connectivity index (χ0) is 16.2. The van der Waals surface area contributed by atoms with Crippen LogP contribution in [0, 0.1) is 0 Å². The highest BCUT2D eigenvalue weighted by Gasteiger charge is 2.24. The van der Waals surface area contributed by atoms with E-state index in [1.807, 2.05) is 29.0 Å². The molecular formula is C17H24N4O2. The lowest BCUT2D eigenvalue weighted by molar-refractivity contribution is -0.0772. The maximum Gasteiger partial charge on any atom is 0.158 e. The zero-order valence-electron chi connectivity index (χ0n) is 13.7. The fourth-order valence-electron chi connectivity index (χ4n) is 3.20. The summed E-state index contributed by atoms with van der Waals surface area (Å²) in [5.74, 6) is 0.786. The lowest BCUT2D eigenvalue weighted by atomic mass is 10.2. The molecule has 3 rings (SSSR count). The maximum atomic E-state index is 10.5. The summed E-state index contributed by atoms with van der Waals surface area (Å²) in [4.78, 5) is 11.0. The van der Waals surface area contributed by atoms with Crippen LogP contribution in [0.15, 0.2) is 36.8 Å². The second-order valence-electron chi connectivity index (χ2n) is 6.25. The van der Waals surface area contributed by atoms with Crippen LogP contribution in [-0.4, -0.2) is 62.5 Å². The van der Waals surface area contributed by atoms with Crippen LogP contribution in [0.1, 0.15) is 13.8 Å². The zero-order valence-corrected chi connectivity index (χ0v) is 13.7. The van der Waals surface area contributed by atoms with E-state index in [4.69, 9.17) is 4.74 Å². The van der Waals surface area contributed by atoms with Gasteiger partial charge in [0.05, 0.1) is 24.9 Å². The smallest absolute Gasteiger partial charge is 0.158 e. The quantitative estimate of drug-likeness (QED) is 0.904. The summed E-state index contributed by atoms with van der Waals surface area (Å²) in [7, 11) is 0. The number of β-amino-alcohol motifs (C(OH)–C–C–N with tert-alkyl or cyclic N) is 1. The second kappa shape index (κ2) is 7.21. The lowest BCUT2D eigenvalue weighted by Crippen LogP contribution is -2.48. The van der Waals surface area contributed by atoms with Crippen LogP contribution in [0.25, 0.3) is 11.5 Å². The Hall–Kier alpha value is -1.76. The molecule has 1 aliphatic heterocycles. The molecule has 0 bridgehead atoms. The van der Waals surface area contributed by atoms with Gasteiger partial charge in [0.2, 0.25) is 0 Å². The van der Waals surface area contributed by atoms with Crippen LogP contribution in [0.5, 0.6) is 0 Å². The Bertz CT molecular complexity index is 606. The first-order valence-corrected chi connectivity index (χ1v) is 8.10. The molecule has 0 amide bonds. The van der Waals surface area contributed by atoms with Gasteiger partial charge in [0.1, 0.15) is 5.69 Å². The molecule has 3 heterocycles. The molecule has 0 aliphatic carbocycles. The van der Waals surface area contributed by atoms with Gasteiger partial charge < -0.3 is 14.4 Å². The van der Waals surface area contributed by atoms with Crippen molar-refractivity contribution in [1.29, 1.82) is 0 Å². The number of imidazole rings is 1. The highest BCUT2D eigenvalue weighted by atomic mass is 16.5. The van der Waals surface area contributed by atoms with E-state index in [2.05, 4.69) is 28.7 Å². The Morgan fingerprint density at radius 1 is 1.17 bits per heavy atom. The molecule has 1 aliphatic rings. The van der Waals surface area contributed by atoms with Crippen LogP contribution < -0.4 is 0 Å². The van der Waals surface area contributed by atoms with Gasteiger partial charge in [0.25, 0.3) is 0 Å². The molecule has 23 heavy (non-hydrogen) atoms. The summed E-state index contributed by atoms with van der Waals surface area (Å²) < 4.78 is 7.69. The van der Waals surface area contributed by atoms with Crippen LogP contribution in [0.2, 0.25) is 0 Å². The van der Waals surface area contributed by atoms with Crippen LogP contribution in [0.4, 0.5) is 0 Å². The van der Waals surface area contributed by atoms with Crippen molar-refractivity contribution in [3.8, 4) is 11.5 Å². The van der Waals surface area contributed by atoms with E-state index in [1.165, 1.54) is 0 Å². The van der Waals surface area contributed by atoms with Gasteiger partial charge in [-0.25, -0.2) is 4.98 Å². The van der Waals surface area contributed by atoms with Gasteiger partial charge in [-0.3, -0.25) is 9.88 Å². The number of hydrogen-bond donors (Lipinski definition) is 1. The van der Waals surface area contributed by atoms with E-state index in [0.29, 0.717) is 13.1 Å². The number of ether oxygens (including phenoxy) is 1. The molecule has 3 unspecified atom stereocenters. The second-order valence-corrected chi connectivity index (χ2v) is 6.25. The van der Waals surface area contributed by atoms with Crippen molar-refractivity contribution in [2.75, 3.05) is 19.6 Å². The molecule has 0 radical (unpaired) electrons. The van der Waals surface area contributed by atoms with Gasteiger partial charge in [0, 0.05) is 38.2 Å². The number of morpholine rings is 1. The number of aromatic nitrogens is 3. The van der Waals surface area contributed by atoms with Gasteiger partial charge in [-0.05, 0) is 26.0 Å². The van der Waals surface area contributed by atoms with Crippen LogP contribution in [0.3, 0.4) is 0 Å². The van der Waals surface area contributed by atoms with Crippen molar-refractivity contribution in [3.63, 3.8) is 0 Å². The van der Waals surface area contributed by atoms with Crippen molar-refractivity contribution in [2.45, 2.75) is 38.7 Å². The molecule has 2 aromatic heterocycles. The maximum absolute atomic E-state index is 10.5. The molecule has 0 saturated carbocycles. The highest BCUT2D eigenvalue weighted by Crippen LogP contribution is 2.15. The molecule has 0 spiro atoms. The van der Waals surface area contributed by atoms with Crippen molar-refractivity contribution < 1.29 is 9.84 Å². The minimum Gasteiger partial charge on any atom is -0.390 e. The lowest BCUT2D eigenvalue weighted by Gasteiger charge is -2.36. The molecule has 1 fully saturated rings. The monoisotopic (exact) mass is 316 g/mol. The van der Waals surface area contributed by atoms with Crippen molar-refractivity contribution in [3.05, 3.63) is 36.8 Å². The molecule has 1 saturated heterocycles. The summed E-state index contributed by atoms with van der Waals surface area (Å²) in [5.41, 5.74) is 0.818. The van der Waals surface area contributed by atoms with Crippen LogP contribution in [-0.2, 0) is 11.3 Å². The minimum atomic E-state index is -0.454. The van der Waals surface area contributed by atoms with Gasteiger partial charge in [-0.1, -0.05) is 6.07 Å². The molecule has 1 N–H and O–H groups in total. The standard InChI is InChI=1S/C17H24N4O2/c1-13-9-20(10-14(2)23-13)11-15(22)12-21-8-7-19-17(21)16-5-3-4-6-18-16/h3-8,13-15,22H,9-12H2,1-2H3. The molecule has 3 atom stereocenters. The topological polar surface area (TPSA) is 63.4 Å². The Labute approximate surface area is 136 Å². The SMILES string of the molecule is CC1CN(CC(O)Cn2ccnc2-c2ccccn2)CC(C)O1. The largest absolute Gasteiger partial charge is 0.390 e.